The van der Waals surface area contributed by atoms with Gasteiger partial charge in [-0.2, -0.15) is 5.53 Å². The molecule has 3 unspecified atom stereocenters. The average molecular weight is 378 g/mol. The lowest BCUT2D eigenvalue weighted by Gasteiger charge is -2.48. The molecular formula is C18H24ClN5O2. The van der Waals surface area contributed by atoms with E-state index in [9.17, 15) is 9.59 Å². The number of halogens is 1. The molecule has 2 saturated heterocycles. The van der Waals surface area contributed by atoms with Crippen molar-refractivity contribution >= 4 is 23.4 Å². The van der Waals surface area contributed by atoms with Gasteiger partial charge in [-0.05, 0) is 24.5 Å². The van der Waals surface area contributed by atoms with Crippen LogP contribution in [0.2, 0.25) is 5.02 Å². The van der Waals surface area contributed by atoms with E-state index < -0.39 is 0 Å². The van der Waals surface area contributed by atoms with Gasteiger partial charge in [0.2, 0.25) is 11.8 Å². The molecule has 0 radical (unpaired) electrons. The number of benzene rings is 1. The fourth-order valence-electron chi connectivity index (χ4n) is 4.29. The zero-order chi connectivity index (χ0) is 18.1. The van der Waals surface area contributed by atoms with Crippen molar-refractivity contribution in [2.24, 2.45) is 5.92 Å². The van der Waals surface area contributed by atoms with Crippen molar-refractivity contribution in [3.63, 3.8) is 0 Å². The normalized spacial score (nSPS) is 28.6. The first kappa shape index (κ1) is 17.7. The maximum atomic E-state index is 13.0. The van der Waals surface area contributed by atoms with Gasteiger partial charge in [0.05, 0.1) is 5.92 Å². The molecule has 1 aliphatic carbocycles. The molecule has 0 aromatic heterocycles. The number of nitrogens with one attached hydrogen (secondary N) is 3. The number of rotatable bonds is 4. The number of nitrogens with zero attached hydrogens (tertiary/aromatic N) is 2. The molecule has 0 spiro atoms. The molecule has 7 nitrogen and oxygen atoms in total. The maximum absolute atomic E-state index is 13.0. The van der Waals surface area contributed by atoms with Crippen LogP contribution in [0.5, 0.6) is 0 Å². The fraction of sp³-hybridized carbons (Fsp3) is 0.556. The van der Waals surface area contributed by atoms with Gasteiger partial charge in [0.25, 0.3) is 0 Å². The van der Waals surface area contributed by atoms with E-state index in [0.717, 1.165) is 31.2 Å². The van der Waals surface area contributed by atoms with Crippen molar-refractivity contribution in [2.75, 3.05) is 13.1 Å². The molecule has 1 saturated carbocycles. The monoisotopic (exact) mass is 377 g/mol. The highest BCUT2D eigenvalue weighted by molar-refractivity contribution is 6.31. The highest BCUT2D eigenvalue weighted by Gasteiger charge is 2.49. The molecular weight excluding hydrogens is 354 g/mol. The molecule has 1 aromatic carbocycles. The molecule has 8 heteroatoms. The molecule has 2 aliphatic heterocycles. The van der Waals surface area contributed by atoms with Gasteiger partial charge in [-0.25, -0.2) is 10.4 Å². The number of carbonyl (C=O) groups is 2. The summed E-state index contributed by atoms with van der Waals surface area (Å²) in [5, 5.41) is 5.64. The Morgan fingerprint density at radius 1 is 1.27 bits per heavy atom. The standard InChI is InChI=1S/C18H24ClN5O2/c19-14-7-3-1-5-12(14)9-20-16(25)11-23-17-10-21-22-24(17)15-8-4-2-6-13(15)18(23)26/h1,3,5,7,13,15,17,21-22H,2,4,6,8-11H2,(H,20,25). The lowest BCUT2D eigenvalue weighted by atomic mass is 9.81. The molecule has 0 bridgehead atoms. The van der Waals surface area contributed by atoms with Crippen LogP contribution in [0.15, 0.2) is 24.3 Å². The smallest absolute Gasteiger partial charge is 0.239 e. The van der Waals surface area contributed by atoms with Crippen molar-refractivity contribution in [3.8, 4) is 0 Å². The summed E-state index contributed by atoms with van der Waals surface area (Å²) in [5.74, 6) is -0.0857. The number of hydrazine groups is 2. The van der Waals surface area contributed by atoms with Crippen LogP contribution in [0.4, 0.5) is 0 Å². The second kappa shape index (κ2) is 7.52. The van der Waals surface area contributed by atoms with Crippen LogP contribution in [-0.4, -0.2) is 47.0 Å². The number of carbonyl (C=O) groups excluding carboxylic acids is 2. The van der Waals surface area contributed by atoms with E-state index >= 15 is 0 Å². The quantitative estimate of drug-likeness (QED) is 0.730. The lowest BCUT2D eigenvalue weighted by Crippen LogP contribution is -2.66. The topological polar surface area (TPSA) is 76.7 Å². The largest absolute Gasteiger partial charge is 0.350 e. The highest BCUT2D eigenvalue weighted by Crippen LogP contribution is 2.35. The van der Waals surface area contributed by atoms with Crippen LogP contribution in [0.1, 0.15) is 31.2 Å². The van der Waals surface area contributed by atoms with Crippen LogP contribution in [0.25, 0.3) is 0 Å². The fourth-order valence-corrected chi connectivity index (χ4v) is 4.49. The molecule has 3 fully saturated rings. The van der Waals surface area contributed by atoms with Crippen molar-refractivity contribution in [2.45, 2.75) is 44.4 Å². The van der Waals surface area contributed by atoms with Crippen molar-refractivity contribution in [1.82, 2.24) is 26.2 Å². The molecule has 4 rings (SSSR count). The van der Waals surface area contributed by atoms with Crippen molar-refractivity contribution in [1.29, 1.82) is 0 Å². The Balaban J connectivity index is 1.42. The third-order valence-corrected chi connectivity index (χ3v) is 5.98. The maximum Gasteiger partial charge on any atom is 0.239 e. The van der Waals surface area contributed by atoms with E-state index in [-0.39, 0.29) is 36.5 Å². The number of fused-ring (bicyclic) bond motifs is 3. The van der Waals surface area contributed by atoms with Gasteiger partial charge in [0.1, 0.15) is 12.7 Å². The summed E-state index contributed by atoms with van der Waals surface area (Å²) < 4.78 is 0. The predicted octanol–water partition coefficient (Wildman–Crippen LogP) is 1.01. The number of hydrogen-bond donors (Lipinski definition) is 3. The summed E-state index contributed by atoms with van der Waals surface area (Å²) in [7, 11) is 0. The zero-order valence-electron chi connectivity index (χ0n) is 14.6. The second-order valence-corrected chi connectivity index (χ2v) is 7.58. The van der Waals surface area contributed by atoms with Gasteiger partial charge >= 0.3 is 0 Å². The van der Waals surface area contributed by atoms with Crippen LogP contribution < -0.4 is 16.3 Å². The Kier molecular flexibility index (Phi) is 5.13. The molecule has 2 amide bonds. The van der Waals surface area contributed by atoms with Gasteiger partial charge in [-0.15, -0.1) is 0 Å². The summed E-state index contributed by atoms with van der Waals surface area (Å²) in [4.78, 5) is 27.2. The second-order valence-electron chi connectivity index (χ2n) is 7.17. The van der Waals surface area contributed by atoms with E-state index in [4.69, 9.17) is 11.6 Å². The van der Waals surface area contributed by atoms with Crippen molar-refractivity contribution in [3.05, 3.63) is 34.9 Å². The SMILES string of the molecule is O=C(CN1C(=O)C2CCCCC2N2NNCC12)NCc1ccccc1Cl. The molecule has 140 valence electrons. The Morgan fingerprint density at radius 2 is 2.08 bits per heavy atom. The molecule has 3 N–H and O–H groups in total. The first-order valence-corrected chi connectivity index (χ1v) is 9.60. The van der Waals surface area contributed by atoms with Gasteiger partial charge in [0, 0.05) is 24.2 Å². The van der Waals surface area contributed by atoms with Crippen LogP contribution in [0.3, 0.4) is 0 Å². The van der Waals surface area contributed by atoms with Crippen molar-refractivity contribution < 1.29 is 9.59 Å². The Hall–Kier alpha value is -1.67. The Morgan fingerprint density at radius 3 is 2.92 bits per heavy atom. The summed E-state index contributed by atoms with van der Waals surface area (Å²) in [5.41, 5.74) is 7.17. The predicted molar refractivity (Wildman–Crippen MR) is 97.5 cm³/mol. The van der Waals surface area contributed by atoms with Gasteiger partial charge in [-0.1, -0.05) is 42.6 Å². The lowest BCUT2D eigenvalue weighted by molar-refractivity contribution is -0.162. The molecule has 2 heterocycles. The third-order valence-electron chi connectivity index (χ3n) is 5.61. The summed E-state index contributed by atoms with van der Waals surface area (Å²) in [6.07, 6.45) is 4.02. The minimum absolute atomic E-state index is 0.0243. The first-order chi connectivity index (χ1) is 12.6. The van der Waals surface area contributed by atoms with Crippen LogP contribution in [-0.2, 0) is 16.1 Å². The van der Waals surface area contributed by atoms with Gasteiger partial charge in [0.15, 0.2) is 0 Å². The Bertz CT molecular complexity index is 700. The van der Waals surface area contributed by atoms with Crippen LogP contribution in [0, 0.1) is 5.92 Å². The highest BCUT2D eigenvalue weighted by atomic mass is 35.5. The summed E-state index contributed by atoms with van der Waals surface area (Å²) >= 11 is 6.13. The van der Waals surface area contributed by atoms with Gasteiger partial charge in [-0.3, -0.25) is 9.59 Å². The van der Waals surface area contributed by atoms with E-state index in [1.54, 1.807) is 11.0 Å². The molecule has 3 atom stereocenters. The van der Waals surface area contributed by atoms with E-state index in [1.165, 1.54) is 0 Å². The van der Waals surface area contributed by atoms with Gasteiger partial charge < -0.3 is 10.2 Å². The van der Waals surface area contributed by atoms with E-state index in [0.29, 0.717) is 18.1 Å². The number of amides is 2. The molecule has 26 heavy (non-hydrogen) atoms. The first-order valence-electron chi connectivity index (χ1n) is 9.22. The third kappa shape index (κ3) is 3.32. The van der Waals surface area contributed by atoms with E-state index in [1.807, 2.05) is 18.2 Å². The summed E-state index contributed by atoms with van der Waals surface area (Å²) in [6.45, 7) is 1.04. The number of hydrogen-bond acceptors (Lipinski definition) is 5. The Labute approximate surface area is 158 Å². The molecule has 1 aromatic rings. The van der Waals surface area contributed by atoms with Crippen LogP contribution >= 0.6 is 11.6 Å². The minimum atomic E-state index is -0.167. The minimum Gasteiger partial charge on any atom is -0.350 e. The summed E-state index contributed by atoms with van der Waals surface area (Å²) in [6, 6.07) is 7.65. The molecule has 3 aliphatic rings. The zero-order valence-corrected chi connectivity index (χ0v) is 15.3. The average Bonchev–Trinajstić information content (AvgIpc) is 3.14. The van der Waals surface area contributed by atoms with E-state index in [2.05, 4.69) is 21.3 Å².